The maximum atomic E-state index is 11.5. The average Bonchev–Trinajstić information content (AvgIpc) is 3.60. The first-order valence-electron chi connectivity index (χ1n) is 12.3. The third-order valence-electron chi connectivity index (χ3n) is 6.46. The Morgan fingerprint density at radius 1 is 1.22 bits per heavy atom. The molecule has 1 saturated heterocycles. The van der Waals surface area contributed by atoms with E-state index in [-0.39, 0.29) is 5.69 Å². The second-order valence-electron chi connectivity index (χ2n) is 9.38. The number of carbonyl (C=O) groups is 1. The second-order valence-corrected chi connectivity index (χ2v) is 11.1. The number of aromatic carboxylic acids is 1. The fourth-order valence-corrected chi connectivity index (χ4v) is 5.28. The molecule has 0 bridgehead atoms. The van der Waals surface area contributed by atoms with Crippen LogP contribution in [0.4, 0.5) is 0 Å². The lowest BCUT2D eigenvalue weighted by atomic mass is 10.1. The van der Waals surface area contributed by atoms with Gasteiger partial charge in [0.05, 0.1) is 21.5 Å². The van der Waals surface area contributed by atoms with Crippen molar-refractivity contribution in [3.63, 3.8) is 0 Å². The Bertz CT molecular complexity index is 1320. The quantitative estimate of drug-likeness (QED) is 0.317. The van der Waals surface area contributed by atoms with Gasteiger partial charge in [0.15, 0.2) is 11.5 Å². The van der Waals surface area contributed by atoms with Crippen molar-refractivity contribution in [2.75, 3.05) is 13.1 Å². The Morgan fingerprint density at radius 2 is 1.92 bits per heavy atom. The van der Waals surface area contributed by atoms with Gasteiger partial charge in [0.25, 0.3) is 0 Å². The monoisotopic (exact) mass is 541 g/mol. The zero-order valence-electron chi connectivity index (χ0n) is 21.2. The number of likely N-dealkylation sites (tertiary alicyclic amines) is 1. The summed E-state index contributed by atoms with van der Waals surface area (Å²) in [5.41, 5.74) is 7.87. The highest BCUT2D eigenvalue weighted by Crippen LogP contribution is 2.32. The Hall–Kier alpha value is -2.98. The van der Waals surface area contributed by atoms with E-state index < -0.39 is 5.97 Å². The van der Waals surface area contributed by atoms with Gasteiger partial charge in [-0.3, -0.25) is 0 Å². The molecule has 1 fully saturated rings. The molecule has 0 saturated carbocycles. The van der Waals surface area contributed by atoms with Crippen molar-refractivity contribution in [1.29, 1.82) is 0 Å². The van der Waals surface area contributed by atoms with Gasteiger partial charge in [-0.1, -0.05) is 47.1 Å². The summed E-state index contributed by atoms with van der Waals surface area (Å²) in [5.74, 6) is 0.145. The highest BCUT2D eigenvalue weighted by atomic mass is 35.5. The molecule has 8 nitrogen and oxygen atoms in total. The van der Waals surface area contributed by atoms with E-state index in [2.05, 4.69) is 28.9 Å². The van der Waals surface area contributed by atoms with Crippen molar-refractivity contribution in [3.05, 3.63) is 69.9 Å². The first-order valence-corrected chi connectivity index (χ1v) is 13.5. The number of piperidine rings is 1. The SMILES string of the molecule is CC(C)N1CCC(N)CC1.Cc1c(C(=O)O)nc(-c2ccccc2)n1Cc1cc(-c2ccc(Cl)s2)on1. The molecule has 196 valence electrons. The third kappa shape index (κ3) is 6.67. The number of hydrogen-bond acceptors (Lipinski definition) is 7. The molecule has 3 aromatic heterocycles. The molecule has 1 aromatic carbocycles. The lowest BCUT2D eigenvalue weighted by molar-refractivity contribution is 0.0690. The zero-order valence-corrected chi connectivity index (χ0v) is 22.8. The van der Waals surface area contributed by atoms with E-state index >= 15 is 0 Å². The van der Waals surface area contributed by atoms with Crippen molar-refractivity contribution in [2.24, 2.45) is 5.73 Å². The smallest absolute Gasteiger partial charge is 0.356 e. The number of carboxylic acids is 1. The molecule has 4 heterocycles. The molecular formula is C27H32ClN5O3S. The zero-order chi connectivity index (χ0) is 26.5. The molecule has 1 aliphatic heterocycles. The number of benzene rings is 1. The lowest BCUT2D eigenvalue weighted by Gasteiger charge is -2.32. The first-order chi connectivity index (χ1) is 17.7. The summed E-state index contributed by atoms with van der Waals surface area (Å²) >= 11 is 7.38. The van der Waals surface area contributed by atoms with Crippen molar-refractivity contribution >= 4 is 28.9 Å². The molecular weight excluding hydrogens is 510 g/mol. The van der Waals surface area contributed by atoms with Crippen LogP contribution < -0.4 is 5.73 Å². The summed E-state index contributed by atoms with van der Waals surface area (Å²) in [6, 6.07) is 16.1. The number of imidazole rings is 1. The number of nitrogens with zero attached hydrogens (tertiary/aromatic N) is 4. The van der Waals surface area contributed by atoms with Gasteiger partial charge in [0, 0.05) is 23.7 Å². The van der Waals surface area contributed by atoms with E-state index in [1.54, 1.807) is 13.0 Å². The Morgan fingerprint density at radius 3 is 2.51 bits per heavy atom. The Balaban J connectivity index is 0.000000270. The maximum Gasteiger partial charge on any atom is 0.356 e. The van der Waals surface area contributed by atoms with Crippen LogP contribution in [0.15, 0.2) is 53.1 Å². The van der Waals surface area contributed by atoms with Crippen LogP contribution in [0.3, 0.4) is 0 Å². The number of rotatable bonds is 6. The van der Waals surface area contributed by atoms with Gasteiger partial charge in [-0.05, 0) is 58.8 Å². The predicted octanol–water partition coefficient (Wildman–Crippen LogP) is 5.79. The van der Waals surface area contributed by atoms with E-state index in [0.717, 1.165) is 10.4 Å². The van der Waals surface area contributed by atoms with Crippen molar-refractivity contribution < 1.29 is 14.4 Å². The fraction of sp³-hybridized carbons (Fsp3) is 0.370. The number of aromatic nitrogens is 3. The van der Waals surface area contributed by atoms with E-state index in [4.69, 9.17) is 21.9 Å². The van der Waals surface area contributed by atoms with E-state index in [1.165, 1.54) is 37.3 Å². The summed E-state index contributed by atoms with van der Waals surface area (Å²) < 4.78 is 7.93. The normalized spacial score (nSPS) is 14.5. The van der Waals surface area contributed by atoms with Gasteiger partial charge in [-0.15, -0.1) is 11.3 Å². The number of halogens is 1. The molecule has 3 N–H and O–H groups in total. The summed E-state index contributed by atoms with van der Waals surface area (Å²) in [4.78, 5) is 19.2. The van der Waals surface area contributed by atoms with Gasteiger partial charge in [-0.25, -0.2) is 9.78 Å². The Kier molecular flexibility index (Phi) is 8.81. The minimum absolute atomic E-state index is 0.0302. The second kappa shape index (κ2) is 12.0. The Labute approximate surface area is 225 Å². The number of hydrogen-bond donors (Lipinski definition) is 2. The van der Waals surface area contributed by atoms with Crippen LogP contribution in [0.1, 0.15) is 48.6 Å². The number of thiophene rings is 1. The predicted molar refractivity (Wildman–Crippen MR) is 147 cm³/mol. The van der Waals surface area contributed by atoms with Gasteiger partial charge in [-0.2, -0.15) is 0 Å². The van der Waals surface area contributed by atoms with Crippen LogP contribution >= 0.6 is 22.9 Å². The molecule has 10 heteroatoms. The van der Waals surface area contributed by atoms with Gasteiger partial charge in [0.2, 0.25) is 0 Å². The van der Waals surface area contributed by atoms with Crippen LogP contribution in [0, 0.1) is 6.92 Å². The molecule has 0 atom stereocenters. The van der Waals surface area contributed by atoms with Gasteiger partial charge >= 0.3 is 5.97 Å². The fourth-order valence-electron chi connectivity index (χ4n) is 4.28. The standard InChI is InChI=1S/C19H14ClN3O3S.C8H18N2/c1-11-17(19(24)25)21-18(12-5-3-2-4-6-12)23(11)10-13-9-14(26-22-13)15-7-8-16(20)27-15;1-7(2)10-5-3-8(9)4-6-10/h2-9H,10H2,1H3,(H,24,25);7-8H,3-6,9H2,1-2H3. The third-order valence-corrected chi connectivity index (χ3v) is 7.70. The number of nitrogens with two attached hydrogens (primary N) is 1. The first kappa shape index (κ1) is 27.1. The van der Waals surface area contributed by atoms with E-state index in [9.17, 15) is 9.90 Å². The highest BCUT2D eigenvalue weighted by Gasteiger charge is 2.21. The topological polar surface area (TPSA) is 110 Å². The van der Waals surface area contributed by atoms with Gasteiger partial charge < -0.3 is 24.8 Å². The van der Waals surface area contributed by atoms with Crippen LogP contribution in [-0.4, -0.2) is 55.9 Å². The van der Waals surface area contributed by atoms with Crippen molar-refractivity contribution in [1.82, 2.24) is 19.6 Å². The molecule has 0 radical (unpaired) electrons. The van der Waals surface area contributed by atoms with Crippen molar-refractivity contribution in [3.8, 4) is 22.0 Å². The summed E-state index contributed by atoms with van der Waals surface area (Å²) in [5, 5.41) is 13.6. The van der Waals surface area contributed by atoms with E-state index in [0.29, 0.717) is 45.9 Å². The molecule has 1 aliphatic rings. The van der Waals surface area contributed by atoms with Crippen LogP contribution in [-0.2, 0) is 6.54 Å². The van der Waals surface area contributed by atoms with Gasteiger partial charge in [0.1, 0.15) is 11.5 Å². The molecule has 0 amide bonds. The minimum atomic E-state index is -1.06. The minimum Gasteiger partial charge on any atom is -0.476 e. The van der Waals surface area contributed by atoms with E-state index in [1.807, 2.05) is 47.0 Å². The average molecular weight is 542 g/mol. The van der Waals surface area contributed by atoms with Crippen LogP contribution in [0.2, 0.25) is 4.34 Å². The molecule has 0 unspecified atom stereocenters. The lowest BCUT2D eigenvalue weighted by Crippen LogP contribution is -2.42. The van der Waals surface area contributed by atoms with Crippen LogP contribution in [0.25, 0.3) is 22.0 Å². The largest absolute Gasteiger partial charge is 0.476 e. The number of carboxylic acid groups (broad SMARTS) is 1. The molecule has 4 aromatic rings. The molecule has 5 rings (SSSR count). The summed E-state index contributed by atoms with van der Waals surface area (Å²) in [6.45, 7) is 8.97. The molecule has 0 spiro atoms. The molecule has 37 heavy (non-hydrogen) atoms. The summed E-state index contributed by atoms with van der Waals surface area (Å²) in [6.07, 6.45) is 2.36. The highest BCUT2D eigenvalue weighted by molar-refractivity contribution is 7.19. The summed E-state index contributed by atoms with van der Waals surface area (Å²) in [7, 11) is 0. The molecule has 0 aliphatic carbocycles. The van der Waals surface area contributed by atoms with Crippen molar-refractivity contribution in [2.45, 2.75) is 52.2 Å². The maximum absolute atomic E-state index is 11.5. The van der Waals surface area contributed by atoms with Crippen LogP contribution in [0.5, 0.6) is 0 Å².